The Labute approximate surface area is 108 Å². The Bertz CT molecular complexity index is 252. The lowest BCUT2D eigenvalue weighted by Gasteiger charge is -2.15. The summed E-state index contributed by atoms with van der Waals surface area (Å²) in [4.78, 5) is 20.7. The van der Waals surface area contributed by atoms with Gasteiger partial charge in [0.25, 0.3) is 0 Å². The van der Waals surface area contributed by atoms with Gasteiger partial charge in [0, 0.05) is 6.04 Å². The molecule has 0 heterocycles. The van der Waals surface area contributed by atoms with Gasteiger partial charge in [0.2, 0.25) is 0 Å². The lowest BCUT2D eigenvalue weighted by molar-refractivity contribution is -0.148. The van der Waals surface area contributed by atoms with E-state index in [1.54, 1.807) is 6.92 Å². The van der Waals surface area contributed by atoms with Crippen molar-refractivity contribution >= 4 is 11.9 Å². The summed E-state index contributed by atoms with van der Waals surface area (Å²) < 4.78 is 4.48. The van der Waals surface area contributed by atoms with Crippen LogP contribution in [0.2, 0.25) is 0 Å². The minimum atomic E-state index is -1.20. The van der Waals surface area contributed by atoms with Crippen LogP contribution in [0.4, 0.5) is 0 Å². The zero-order valence-electron chi connectivity index (χ0n) is 10.9. The Morgan fingerprint density at radius 1 is 1.33 bits per heavy atom. The van der Waals surface area contributed by atoms with Crippen LogP contribution in [-0.2, 0) is 14.3 Å². The highest BCUT2D eigenvalue weighted by Crippen LogP contribution is 2.14. The molecule has 1 fully saturated rings. The number of carboxylic acids is 1. The van der Waals surface area contributed by atoms with Gasteiger partial charge in [0.1, 0.15) is 6.04 Å². The highest BCUT2D eigenvalue weighted by atomic mass is 16.5. The number of esters is 1. The zero-order valence-corrected chi connectivity index (χ0v) is 10.9. The number of carbonyl (C=O) groups excluding carboxylic acids is 1. The van der Waals surface area contributed by atoms with Gasteiger partial charge in [-0.15, -0.1) is 0 Å². The van der Waals surface area contributed by atoms with Gasteiger partial charge in [-0.3, -0.25) is 9.59 Å². The molecule has 1 aliphatic carbocycles. The number of hydrogen-bond acceptors (Lipinski definition) is 5. The average Bonchev–Trinajstić information content (AvgIpc) is 2.30. The Morgan fingerprint density at radius 2 is 1.89 bits per heavy atom. The van der Waals surface area contributed by atoms with E-state index in [0.717, 1.165) is 0 Å². The van der Waals surface area contributed by atoms with Crippen LogP contribution >= 0.6 is 0 Å². The number of hydrogen-bond donors (Lipinski definition) is 3. The Hall–Kier alpha value is -1.14. The molecule has 18 heavy (non-hydrogen) atoms. The second-order valence-corrected chi connectivity index (χ2v) is 4.35. The molecule has 1 atom stereocenters. The molecular weight excluding hydrogens is 236 g/mol. The number of aliphatic carboxylic acids is 1. The van der Waals surface area contributed by atoms with E-state index < -0.39 is 18.0 Å². The maximum absolute atomic E-state index is 10.6. The average molecular weight is 260 g/mol. The van der Waals surface area contributed by atoms with Crippen molar-refractivity contribution in [3.8, 4) is 0 Å². The molecule has 0 aromatic rings. The summed E-state index contributed by atoms with van der Waals surface area (Å²) in [6, 6.07) is -0.622. The molecule has 6 heteroatoms. The van der Waals surface area contributed by atoms with Crippen molar-refractivity contribution in [1.82, 2.24) is 0 Å². The topological polar surface area (TPSA) is 116 Å². The second-order valence-electron chi connectivity index (χ2n) is 4.35. The van der Waals surface area contributed by atoms with Crippen LogP contribution < -0.4 is 11.5 Å². The van der Waals surface area contributed by atoms with Crippen LogP contribution in [0.25, 0.3) is 0 Å². The molecule has 0 radical (unpaired) electrons. The third-order valence-corrected chi connectivity index (χ3v) is 2.66. The summed E-state index contributed by atoms with van der Waals surface area (Å²) in [6.45, 7) is 1.88. The molecule has 0 unspecified atom stereocenters. The third-order valence-electron chi connectivity index (χ3n) is 2.66. The van der Waals surface area contributed by atoms with Gasteiger partial charge in [-0.2, -0.15) is 0 Å². The number of carboxylic acid groups (broad SMARTS) is 1. The number of rotatable bonds is 4. The molecule has 6 nitrogen and oxygen atoms in total. The van der Waals surface area contributed by atoms with Gasteiger partial charge < -0.3 is 21.3 Å². The molecule has 0 spiro atoms. The van der Waals surface area contributed by atoms with E-state index in [0.29, 0.717) is 6.04 Å². The molecule has 0 saturated heterocycles. The first-order valence-electron chi connectivity index (χ1n) is 6.37. The molecule has 1 saturated carbocycles. The van der Waals surface area contributed by atoms with Crippen molar-refractivity contribution in [2.75, 3.05) is 6.61 Å². The van der Waals surface area contributed by atoms with Crippen LogP contribution in [0, 0.1) is 0 Å². The Morgan fingerprint density at radius 3 is 2.22 bits per heavy atom. The SMILES string of the molecule is CCOC(=O)C[C@H](N)C(=O)O.NC1CCCCC1. The predicted molar refractivity (Wildman–Crippen MR) is 67.9 cm³/mol. The molecule has 5 N–H and O–H groups in total. The maximum atomic E-state index is 10.6. The number of ether oxygens (including phenoxy) is 1. The van der Waals surface area contributed by atoms with Crippen molar-refractivity contribution < 1.29 is 19.4 Å². The van der Waals surface area contributed by atoms with Crippen molar-refractivity contribution in [2.45, 2.75) is 57.5 Å². The molecule has 1 rings (SSSR count). The van der Waals surface area contributed by atoms with Crippen LogP contribution in [-0.4, -0.2) is 35.7 Å². The quantitative estimate of drug-likeness (QED) is 0.638. The summed E-state index contributed by atoms with van der Waals surface area (Å²) >= 11 is 0. The molecule has 0 bridgehead atoms. The summed E-state index contributed by atoms with van der Waals surface area (Å²) in [5.74, 6) is -1.78. The summed E-state index contributed by atoms with van der Waals surface area (Å²) in [7, 11) is 0. The van der Waals surface area contributed by atoms with Gasteiger partial charge in [-0.1, -0.05) is 19.3 Å². The molecule has 0 amide bonds. The summed E-state index contributed by atoms with van der Waals surface area (Å²) in [6.07, 6.45) is 6.39. The first-order valence-corrected chi connectivity index (χ1v) is 6.37. The van der Waals surface area contributed by atoms with Gasteiger partial charge >= 0.3 is 11.9 Å². The highest BCUT2D eigenvalue weighted by Gasteiger charge is 2.16. The van der Waals surface area contributed by atoms with Crippen molar-refractivity contribution in [3.63, 3.8) is 0 Å². The van der Waals surface area contributed by atoms with Crippen LogP contribution in [0.15, 0.2) is 0 Å². The van der Waals surface area contributed by atoms with Crippen molar-refractivity contribution in [3.05, 3.63) is 0 Å². The molecule has 0 aromatic carbocycles. The number of nitrogens with two attached hydrogens (primary N) is 2. The minimum absolute atomic E-state index is 0.241. The van der Waals surface area contributed by atoms with E-state index >= 15 is 0 Å². The van der Waals surface area contributed by atoms with Crippen LogP contribution in [0.1, 0.15) is 45.4 Å². The lowest BCUT2D eigenvalue weighted by Crippen LogP contribution is -2.33. The standard InChI is InChI=1S/C6H11NO4.C6H13N/c1-2-11-5(8)3-4(7)6(9)10;7-6-4-2-1-3-5-6/h4H,2-3,7H2,1H3,(H,9,10);6H,1-5,7H2/t4-;/m0./s1. The monoisotopic (exact) mass is 260 g/mol. The summed E-state index contributed by atoms with van der Waals surface area (Å²) in [5, 5.41) is 8.27. The van der Waals surface area contributed by atoms with Gasteiger partial charge in [-0.05, 0) is 19.8 Å². The third kappa shape index (κ3) is 8.95. The zero-order chi connectivity index (χ0) is 14.0. The molecule has 1 aliphatic rings. The molecular formula is C12H24N2O4. The van der Waals surface area contributed by atoms with Gasteiger partial charge in [-0.25, -0.2) is 0 Å². The number of carbonyl (C=O) groups is 2. The van der Waals surface area contributed by atoms with E-state index in [-0.39, 0.29) is 13.0 Å². The fourth-order valence-electron chi connectivity index (χ4n) is 1.62. The van der Waals surface area contributed by atoms with Crippen molar-refractivity contribution in [1.29, 1.82) is 0 Å². The fourth-order valence-corrected chi connectivity index (χ4v) is 1.62. The predicted octanol–water partition coefficient (Wildman–Crippen LogP) is 0.629. The molecule has 106 valence electrons. The van der Waals surface area contributed by atoms with E-state index in [4.69, 9.17) is 16.6 Å². The smallest absolute Gasteiger partial charge is 0.321 e. The van der Waals surface area contributed by atoms with Gasteiger partial charge in [0.15, 0.2) is 0 Å². The van der Waals surface area contributed by atoms with E-state index in [1.807, 2.05) is 0 Å². The second kappa shape index (κ2) is 9.85. The first-order chi connectivity index (χ1) is 8.47. The van der Waals surface area contributed by atoms with Crippen LogP contribution in [0.5, 0.6) is 0 Å². The van der Waals surface area contributed by atoms with E-state index in [2.05, 4.69) is 4.74 Å². The minimum Gasteiger partial charge on any atom is -0.480 e. The largest absolute Gasteiger partial charge is 0.480 e. The molecule has 0 aromatic heterocycles. The van der Waals surface area contributed by atoms with Gasteiger partial charge in [0.05, 0.1) is 13.0 Å². The maximum Gasteiger partial charge on any atom is 0.321 e. The lowest BCUT2D eigenvalue weighted by atomic mass is 9.97. The van der Waals surface area contributed by atoms with E-state index in [9.17, 15) is 9.59 Å². The summed E-state index contributed by atoms with van der Waals surface area (Å²) in [5.41, 5.74) is 10.7. The fraction of sp³-hybridized carbons (Fsp3) is 0.833. The van der Waals surface area contributed by atoms with Crippen LogP contribution in [0.3, 0.4) is 0 Å². The van der Waals surface area contributed by atoms with Crippen molar-refractivity contribution in [2.24, 2.45) is 11.5 Å². The highest BCUT2D eigenvalue weighted by molar-refractivity contribution is 5.81. The normalized spacial score (nSPS) is 17.3. The first kappa shape index (κ1) is 16.9. The van der Waals surface area contributed by atoms with E-state index in [1.165, 1.54) is 32.1 Å². The molecule has 0 aliphatic heterocycles. The Balaban J connectivity index is 0.000000351. The Kier molecular flexibility index (Phi) is 9.22.